The van der Waals surface area contributed by atoms with E-state index in [9.17, 15) is 13.2 Å². The molecule has 2 nitrogen and oxygen atoms in total. The Morgan fingerprint density at radius 1 is 1.29 bits per heavy atom. The van der Waals surface area contributed by atoms with Crippen LogP contribution in [0.5, 0.6) is 11.5 Å². The first-order valence-electron chi connectivity index (χ1n) is 3.92. The topological polar surface area (TPSA) is 18.5 Å². The van der Waals surface area contributed by atoms with Crippen molar-refractivity contribution >= 4 is 0 Å². The van der Waals surface area contributed by atoms with Gasteiger partial charge in [0.2, 0.25) is 0 Å². The molecule has 0 fully saturated rings. The second-order valence-corrected chi connectivity index (χ2v) is 2.36. The first-order valence-corrected chi connectivity index (χ1v) is 3.92. The molecule has 5 heteroatoms. The second kappa shape index (κ2) is 4.21. The van der Waals surface area contributed by atoms with Gasteiger partial charge in [-0.1, -0.05) is 6.07 Å². The Balaban J connectivity index is 2.73. The van der Waals surface area contributed by atoms with Gasteiger partial charge in [-0.05, 0) is 19.1 Å². The lowest BCUT2D eigenvalue weighted by molar-refractivity contribution is -0.274. The Kier molecular flexibility index (Phi) is 3.22. The van der Waals surface area contributed by atoms with Gasteiger partial charge in [0, 0.05) is 0 Å². The molecule has 0 heterocycles. The largest absolute Gasteiger partial charge is 0.573 e. The molecule has 0 aliphatic carbocycles. The zero-order valence-corrected chi connectivity index (χ0v) is 7.39. The summed E-state index contributed by atoms with van der Waals surface area (Å²) >= 11 is 0. The molecule has 0 N–H and O–H groups in total. The fourth-order valence-electron chi connectivity index (χ4n) is 0.852. The quantitative estimate of drug-likeness (QED) is 0.755. The summed E-state index contributed by atoms with van der Waals surface area (Å²) in [6, 6.07) is 6.41. The molecule has 0 amide bonds. The van der Waals surface area contributed by atoms with Crippen molar-refractivity contribution in [3.8, 4) is 11.5 Å². The molecule has 1 aromatic rings. The van der Waals surface area contributed by atoms with E-state index in [-0.39, 0.29) is 5.75 Å². The molecule has 14 heavy (non-hydrogen) atoms. The van der Waals surface area contributed by atoms with Crippen molar-refractivity contribution in [2.75, 3.05) is 6.61 Å². The summed E-state index contributed by atoms with van der Waals surface area (Å²) in [5, 5.41) is 0. The van der Waals surface area contributed by atoms with Crippen molar-refractivity contribution in [2.45, 2.75) is 13.3 Å². The molecule has 1 rings (SSSR count). The third-order valence-electron chi connectivity index (χ3n) is 1.27. The molecule has 0 spiro atoms. The molecular weight excluding hydrogens is 197 g/mol. The molecule has 0 saturated carbocycles. The van der Waals surface area contributed by atoms with Crippen LogP contribution in [-0.4, -0.2) is 13.0 Å². The van der Waals surface area contributed by atoms with Crippen LogP contribution in [0.4, 0.5) is 13.2 Å². The lowest BCUT2D eigenvalue weighted by atomic mass is 10.3. The monoisotopic (exact) mass is 205 g/mol. The summed E-state index contributed by atoms with van der Waals surface area (Å²) < 4.78 is 43.9. The van der Waals surface area contributed by atoms with Gasteiger partial charge in [0.25, 0.3) is 0 Å². The van der Waals surface area contributed by atoms with Crippen molar-refractivity contribution in [1.29, 1.82) is 0 Å². The molecule has 0 atom stereocenters. The summed E-state index contributed by atoms with van der Waals surface area (Å²) in [6.07, 6.45) is -4.69. The minimum atomic E-state index is -4.69. The lowest BCUT2D eigenvalue weighted by Gasteiger charge is -2.09. The fourth-order valence-corrected chi connectivity index (χ4v) is 0.852. The minimum Gasteiger partial charge on any atom is -0.493 e. The standard InChI is InChI=1S/C9H8F3O2/c1-2-13-7-4-3-5-8(6-7)14-9(10,11)12/h3-5H,2H2,1H3. The van der Waals surface area contributed by atoms with Gasteiger partial charge < -0.3 is 9.47 Å². The molecule has 0 saturated heterocycles. The van der Waals surface area contributed by atoms with Crippen molar-refractivity contribution in [3.63, 3.8) is 0 Å². The minimum absolute atomic E-state index is 0.231. The molecule has 0 bridgehead atoms. The van der Waals surface area contributed by atoms with E-state index < -0.39 is 12.1 Å². The number of alkyl halides is 3. The predicted molar refractivity (Wildman–Crippen MR) is 43.1 cm³/mol. The van der Waals surface area contributed by atoms with E-state index in [1.807, 2.05) is 0 Å². The molecule has 0 aliphatic rings. The van der Waals surface area contributed by atoms with Gasteiger partial charge in [-0.15, -0.1) is 13.2 Å². The Morgan fingerprint density at radius 3 is 2.50 bits per heavy atom. The summed E-state index contributed by atoms with van der Waals surface area (Å²) in [7, 11) is 0. The molecule has 1 radical (unpaired) electrons. The maximum absolute atomic E-state index is 11.8. The summed E-state index contributed by atoms with van der Waals surface area (Å²) in [6.45, 7) is 2.09. The van der Waals surface area contributed by atoms with Gasteiger partial charge in [-0.3, -0.25) is 0 Å². The Bertz CT molecular complexity index is 296. The van der Waals surface area contributed by atoms with Crippen LogP contribution in [0.1, 0.15) is 6.92 Å². The SMILES string of the molecule is CCOc1[c]c(OC(F)(F)F)ccc1. The number of rotatable bonds is 3. The van der Waals surface area contributed by atoms with Gasteiger partial charge in [0.05, 0.1) is 12.7 Å². The van der Waals surface area contributed by atoms with Crippen molar-refractivity contribution in [2.24, 2.45) is 0 Å². The summed E-state index contributed by atoms with van der Waals surface area (Å²) in [5.41, 5.74) is 0. The highest BCUT2D eigenvalue weighted by molar-refractivity contribution is 5.31. The third-order valence-corrected chi connectivity index (χ3v) is 1.27. The molecular formula is C9H8F3O2. The molecule has 0 unspecified atom stereocenters. The van der Waals surface area contributed by atoms with E-state index in [1.54, 1.807) is 6.92 Å². The van der Waals surface area contributed by atoms with Crippen LogP contribution >= 0.6 is 0 Å². The lowest BCUT2D eigenvalue weighted by Crippen LogP contribution is -2.17. The normalized spacial score (nSPS) is 11.1. The van der Waals surface area contributed by atoms with Crippen LogP contribution in [0, 0.1) is 6.07 Å². The maximum Gasteiger partial charge on any atom is 0.573 e. The summed E-state index contributed by atoms with van der Waals surface area (Å²) in [4.78, 5) is 0. The van der Waals surface area contributed by atoms with E-state index >= 15 is 0 Å². The second-order valence-electron chi connectivity index (χ2n) is 2.36. The number of hydrogen-bond acceptors (Lipinski definition) is 2. The molecule has 77 valence electrons. The van der Waals surface area contributed by atoms with Crippen LogP contribution in [-0.2, 0) is 0 Å². The van der Waals surface area contributed by atoms with Gasteiger partial charge in [-0.25, -0.2) is 0 Å². The van der Waals surface area contributed by atoms with Crippen LogP contribution in [0.25, 0.3) is 0 Å². The number of benzene rings is 1. The average Bonchev–Trinajstić information content (AvgIpc) is 2.02. The van der Waals surface area contributed by atoms with Crippen LogP contribution < -0.4 is 9.47 Å². The van der Waals surface area contributed by atoms with Crippen molar-refractivity contribution in [1.82, 2.24) is 0 Å². The van der Waals surface area contributed by atoms with Crippen molar-refractivity contribution in [3.05, 3.63) is 24.3 Å². The molecule has 0 aliphatic heterocycles. The van der Waals surface area contributed by atoms with Gasteiger partial charge in [-0.2, -0.15) is 0 Å². The Morgan fingerprint density at radius 2 is 1.93 bits per heavy atom. The van der Waals surface area contributed by atoms with E-state index in [0.29, 0.717) is 6.61 Å². The van der Waals surface area contributed by atoms with Gasteiger partial charge in [0.1, 0.15) is 11.5 Å². The highest BCUT2D eigenvalue weighted by Gasteiger charge is 2.31. The van der Waals surface area contributed by atoms with Crippen molar-refractivity contribution < 1.29 is 22.6 Å². The number of ether oxygens (including phenoxy) is 2. The fraction of sp³-hybridized carbons (Fsp3) is 0.333. The number of hydrogen-bond donors (Lipinski definition) is 0. The van der Waals surface area contributed by atoms with E-state index in [2.05, 4.69) is 10.8 Å². The first kappa shape index (κ1) is 10.7. The highest BCUT2D eigenvalue weighted by Crippen LogP contribution is 2.25. The number of halogens is 3. The van der Waals surface area contributed by atoms with Gasteiger partial charge >= 0.3 is 6.36 Å². The smallest absolute Gasteiger partial charge is 0.493 e. The maximum atomic E-state index is 11.8. The Labute approximate surface area is 79.2 Å². The van der Waals surface area contributed by atoms with Gasteiger partial charge in [0.15, 0.2) is 0 Å². The molecule has 0 aromatic heterocycles. The molecule has 1 aromatic carbocycles. The average molecular weight is 205 g/mol. The van der Waals surface area contributed by atoms with Crippen LogP contribution in [0.15, 0.2) is 18.2 Å². The third kappa shape index (κ3) is 3.55. The predicted octanol–water partition coefficient (Wildman–Crippen LogP) is 2.78. The zero-order valence-electron chi connectivity index (χ0n) is 7.39. The van der Waals surface area contributed by atoms with E-state index in [0.717, 1.165) is 6.07 Å². The van der Waals surface area contributed by atoms with E-state index in [1.165, 1.54) is 12.1 Å². The summed E-state index contributed by atoms with van der Waals surface area (Å²) in [5.74, 6) is -0.169. The Hall–Kier alpha value is -1.39. The van der Waals surface area contributed by atoms with Crippen LogP contribution in [0.2, 0.25) is 0 Å². The first-order chi connectivity index (χ1) is 6.51. The van der Waals surface area contributed by atoms with E-state index in [4.69, 9.17) is 4.74 Å². The van der Waals surface area contributed by atoms with Crippen LogP contribution in [0.3, 0.4) is 0 Å². The zero-order chi connectivity index (χ0) is 10.6. The highest BCUT2D eigenvalue weighted by atomic mass is 19.4.